The summed E-state index contributed by atoms with van der Waals surface area (Å²) in [5, 5.41) is 7.54. The van der Waals surface area contributed by atoms with E-state index in [1.54, 1.807) is 12.1 Å². The molecule has 1 N–H and O–H groups in total. The number of halogens is 1. The van der Waals surface area contributed by atoms with Crippen molar-refractivity contribution in [2.24, 2.45) is 5.16 Å². The summed E-state index contributed by atoms with van der Waals surface area (Å²) in [4.78, 5) is 17.4. The molecule has 0 fully saturated rings. The van der Waals surface area contributed by atoms with Gasteiger partial charge in [-0.2, -0.15) is 0 Å². The van der Waals surface area contributed by atoms with Crippen LogP contribution in [0.1, 0.15) is 17.5 Å². The van der Waals surface area contributed by atoms with Crippen LogP contribution in [0.3, 0.4) is 0 Å². The lowest BCUT2D eigenvalue weighted by Crippen LogP contribution is -2.34. The average Bonchev–Trinajstić information content (AvgIpc) is 3.04. The number of amides is 1. The van der Waals surface area contributed by atoms with E-state index in [0.717, 1.165) is 16.8 Å². The Balaban J connectivity index is 1.55. The number of rotatable bonds is 4. The van der Waals surface area contributed by atoms with E-state index in [2.05, 4.69) is 10.5 Å². The lowest BCUT2D eigenvalue weighted by atomic mass is 10.0. The molecule has 1 aliphatic heterocycles. The van der Waals surface area contributed by atoms with Crippen LogP contribution in [-0.2, 0) is 16.2 Å². The van der Waals surface area contributed by atoms with Crippen molar-refractivity contribution in [2.75, 3.05) is 0 Å². The van der Waals surface area contributed by atoms with Crippen molar-refractivity contribution in [3.63, 3.8) is 0 Å². The number of hydrogen-bond donors (Lipinski definition) is 1. The minimum atomic E-state index is -0.575. The van der Waals surface area contributed by atoms with E-state index >= 15 is 0 Å². The van der Waals surface area contributed by atoms with Crippen molar-refractivity contribution in [1.29, 1.82) is 0 Å². The van der Waals surface area contributed by atoms with Gasteiger partial charge >= 0.3 is 0 Å². The zero-order chi connectivity index (χ0) is 15.4. The van der Waals surface area contributed by atoms with Crippen LogP contribution in [0, 0.1) is 0 Å². The minimum Gasteiger partial charge on any atom is -0.382 e. The third kappa shape index (κ3) is 3.46. The zero-order valence-corrected chi connectivity index (χ0v) is 12.6. The van der Waals surface area contributed by atoms with E-state index in [1.165, 1.54) is 0 Å². The summed E-state index contributed by atoms with van der Waals surface area (Å²) in [6.07, 6.45) is -0.114. The molecule has 0 aromatic heterocycles. The quantitative estimate of drug-likeness (QED) is 0.942. The SMILES string of the molecule is O=C(NCc1ccccc1)[C@H]1CC(c2ccc(Cl)cc2)=NO1. The number of carbonyl (C=O) groups is 1. The standard InChI is InChI=1S/C17H15ClN2O2/c18-14-8-6-13(7-9-14)15-10-16(22-20-15)17(21)19-11-12-4-2-1-3-5-12/h1-9,16H,10-11H2,(H,19,21)/t16-/m1/s1. The van der Waals surface area contributed by atoms with E-state index in [-0.39, 0.29) is 5.91 Å². The summed E-state index contributed by atoms with van der Waals surface area (Å²) < 4.78 is 0. The lowest BCUT2D eigenvalue weighted by Gasteiger charge is -2.09. The molecular weight excluding hydrogens is 300 g/mol. The summed E-state index contributed by atoms with van der Waals surface area (Å²) in [6, 6.07) is 17.1. The second kappa shape index (κ2) is 6.62. The van der Waals surface area contributed by atoms with Crippen molar-refractivity contribution in [3.05, 3.63) is 70.7 Å². The van der Waals surface area contributed by atoms with Gasteiger partial charge in [0.1, 0.15) is 0 Å². The maximum Gasteiger partial charge on any atom is 0.264 e. The van der Waals surface area contributed by atoms with Crippen molar-refractivity contribution in [2.45, 2.75) is 19.1 Å². The van der Waals surface area contributed by atoms with Gasteiger partial charge in [0.2, 0.25) is 6.10 Å². The lowest BCUT2D eigenvalue weighted by molar-refractivity contribution is -0.131. The fourth-order valence-corrected chi connectivity index (χ4v) is 2.36. The molecule has 5 heteroatoms. The van der Waals surface area contributed by atoms with E-state index in [0.29, 0.717) is 18.0 Å². The van der Waals surface area contributed by atoms with Crippen LogP contribution in [0.4, 0.5) is 0 Å². The Morgan fingerprint density at radius 2 is 1.91 bits per heavy atom. The maximum absolute atomic E-state index is 12.1. The molecule has 2 aromatic rings. The molecule has 22 heavy (non-hydrogen) atoms. The number of nitrogens with zero attached hydrogens (tertiary/aromatic N) is 1. The Morgan fingerprint density at radius 3 is 2.64 bits per heavy atom. The molecule has 4 nitrogen and oxygen atoms in total. The average molecular weight is 315 g/mol. The second-order valence-corrected chi connectivity index (χ2v) is 5.48. The fraction of sp³-hybridized carbons (Fsp3) is 0.176. The van der Waals surface area contributed by atoms with Crippen LogP contribution >= 0.6 is 11.6 Å². The first-order chi connectivity index (χ1) is 10.7. The third-order valence-corrected chi connectivity index (χ3v) is 3.70. The van der Waals surface area contributed by atoms with Gasteiger partial charge in [0.05, 0.1) is 5.71 Å². The van der Waals surface area contributed by atoms with E-state index < -0.39 is 6.10 Å². The molecule has 0 bridgehead atoms. The van der Waals surface area contributed by atoms with Gasteiger partial charge in [-0.3, -0.25) is 4.79 Å². The summed E-state index contributed by atoms with van der Waals surface area (Å²) in [5.74, 6) is -0.156. The first-order valence-electron chi connectivity index (χ1n) is 7.02. The number of oxime groups is 1. The zero-order valence-electron chi connectivity index (χ0n) is 11.8. The van der Waals surface area contributed by atoms with E-state index in [1.807, 2.05) is 42.5 Å². The predicted molar refractivity (Wildman–Crippen MR) is 85.8 cm³/mol. The smallest absolute Gasteiger partial charge is 0.264 e. The van der Waals surface area contributed by atoms with E-state index in [4.69, 9.17) is 16.4 Å². The topological polar surface area (TPSA) is 50.7 Å². The second-order valence-electron chi connectivity index (χ2n) is 5.05. The Hall–Kier alpha value is -2.33. The molecule has 3 rings (SSSR count). The normalized spacial score (nSPS) is 16.8. The van der Waals surface area contributed by atoms with Crippen LogP contribution in [0.15, 0.2) is 59.8 Å². The Bertz CT molecular complexity index is 684. The van der Waals surface area contributed by atoms with Crippen molar-refractivity contribution >= 4 is 23.2 Å². The molecular formula is C17H15ClN2O2. The van der Waals surface area contributed by atoms with Crippen molar-refractivity contribution < 1.29 is 9.63 Å². The first kappa shape index (κ1) is 14.6. The number of carbonyl (C=O) groups excluding carboxylic acids is 1. The monoisotopic (exact) mass is 314 g/mol. The van der Waals surface area contributed by atoms with Crippen LogP contribution < -0.4 is 5.32 Å². The Kier molecular flexibility index (Phi) is 4.39. The van der Waals surface area contributed by atoms with Gasteiger partial charge in [0, 0.05) is 18.0 Å². The number of nitrogens with one attached hydrogen (secondary N) is 1. The molecule has 2 aromatic carbocycles. The summed E-state index contributed by atoms with van der Waals surface area (Å²) in [7, 11) is 0. The molecule has 1 heterocycles. The summed E-state index contributed by atoms with van der Waals surface area (Å²) in [5.41, 5.74) is 2.73. The van der Waals surface area contributed by atoms with Gasteiger partial charge < -0.3 is 10.2 Å². The van der Waals surface area contributed by atoms with Gasteiger partial charge in [-0.15, -0.1) is 0 Å². The molecule has 0 saturated heterocycles. The molecule has 1 aliphatic rings. The van der Waals surface area contributed by atoms with Gasteiger partial charge in [-0.1, -0.05) is 59.2 Å². The maximum atomic E-state index is 12.1. The molecule has 112 valence electrons. The predicted octanol–water partition coefficient (Wildman–Crippen LogP) is 3.15. The molecule has 0 aliphatic carbocycles. The molecule has 0 radical (unpaired) electrons. The Morgan fingerprint density at radius 1 is 1.18 bits per heavy atom. The highest BCUT2D eigenvalue weighted by Gasteiger charge is 2.28. The molecule has 0 saturated carbocycles. The largest absolute Gasteiger partial charge is 0.382 e. The van der Waals surface area contributed by atoms with Crippen LogP contribution in [0.2, 0.25) is 5.02 Å². The highest BCUT2D eigenvalue weighted by Crippen LogP contribution is 2.18. The Labute approximate surface area is 133 Å². The van der Waals surface area contributed by atoms with Crippen LogP contribution in [0.5, 0.6) is 0 Å². The summed E-state index contributed by atoms with van der Waals surface area (Å²) >= 11 is 5.86. The van der Waals surface area contributed by atoms with Crippen LogP contribution in [-0.4, -0.2) is 17.7 Å². The summed E-state index contributed by atoms with van der Waals surface area (Å²) in [6.45, 7) is 0.482. The first-order valence-corrected chi connectivity index (χ1v) is 7.40. The highest BCUT2D eigenvalue weighted by atomic mass is 35.5. The van der Waals surface area contributed by atoms with Gasteiger partial charge in [0.15, 0.2) is 0 Å². The van der Waals surface area contributed by atoms with Crippen molar-refractivity contribution in [1.82, 2.24) is 5.32 Å². The highest BCUT2D eigenvalue weighted by molar-refractivity contribution is 6.30. The molecule has 0 unspecified atom stereocenters. The van der Waals surface area contributed by atoms with Crippen molar-refractivity contribution in [3.8, 4) is 0 Å². The number of benzene rings is 2. The molecule has 1 atom stereocenters. The molecule has 0 spiro atoms. The third-order valence-electron chi connectivity index (χ3n) is 3.45. The number of hydrogen-bond acceptors (Lipinski definition) is 3. The minimum absolute atomic E-state index is 0.156. The fourth-order valence-electron chi connectivity index (χ4n) is 2.23. The van der Waals surface area contributed by atoms with Gasteiger partial charge in [0.25, 0.3) is 5.91 Å². The van der Waals surface area contributed by atoms with E-state index in [9.17, 15) is 4.79 Å². The van der Waals surface area contributed by atoms with Gasteiger partial charge in [-0.25, -0.2) is 0 Å². The van der Waals surface area contributed by atoms with Gasteiger partial charge in [-0.05, 0) is 23.3 Å². The van der Waals surface area contributed by atoms with Crippen LogP contribution in [0.25, 0.3) is 0 Å². The molecule has 1 amide bonds.